The maximum atomic E-state index is 9.81. The van der Waals surface area contributed by atoms with Gasteiger partial charge in [-0.1, -0.05) is 18.6 Å². The Labute approximate surface area is 97.5 Å². The Hall–Kier alpha value is -0.980. The van der Waals surface area contributed by atoms with Crippen molar-refractivity contribution in [1.82, 2.24) is 0 Å². The molecule has 1 aromatic carbocycles. The van der Waals surface area contributed by atoms with E-state index in [1.807, 2.05) is 13.8 Å². The maximum Gasteiger partial charge on any atom is 0.121 e. The smallest absolute Gasteiger partial charge is 0.121 e. The molecule has 3 rings (SSSR count). The second-order valence-corrected chi connectivity index (χ2v) is 5.78. The number of hydrogen-bond donors (Lipinski definition) is 1. The summed E-state index contributed by atoms with van der Waals surface area (Å²) >= 11 is 0. The van der Waals surface area contributed by atoms with Gasteiger partial charge in [-0.15, -0.1) is 0 Å². The van der Waals surface area contributed by atoms with Crippen LogP contribution < -0.4 is 0 Å². The molecule has 2 aliphatic carbocycles. The lowest BCUT2D eigenvalue weighted by atomic mass is 9.82. The molecule has 0 unspecified atom stereocenters. The molecule has 0 saturated heterocycles. The molecule has 86 valence electrons. The quantitative estimate of drug-likeness (QED) is 0.754. The molecule has 1 heteroatoms. The first-order valence-corrected chi connectivity index (χ1v) is 6.45. The number of aromatic hydroxyl groups is 1. The van der Waals surface area contributed by atoms with Crippen molar-refractivity contribution in [2.24, 2.45) is 11.8 Å². The van der Waals surface area contributed by atoms with Crippen molar-refractivity contribution in [1.29, 1.82) is 0 Å². The summed E-state index contributed by atoms with van der Waals surface area (Å²) in [5, 5.41) is 9.81. The van der Waals surface area contributed by atoms with Crippen LogP contribution in [-0.2, 0) is 0 Å². The van der Waals surface area contributed by atoms with Gasteiger partial charge in [0.15, 0.2) is 0 Å². The Morgan fingerprint density at radius 3 is 2.25 bits per heavy atom. The van der Waals surface area contributed by atoms with Crippen LogP contribution in [0.25, 0.3) is 0 Å². The normalized spacial score (nSPS) is 32.2. The van der Waals surface area contributed by atoms with E-state index in [1.165, 1.54) is 31.2 Å². The fourth-order valence-corrected chi connectivity index (χ4v) is 3.86. The van der Waals surface area contributed by atoms with Crippen LogP contribution in [0.4, 0.5) is 0 Å². The van der Waals surface area contributed by atoms with Gasteiger partial charge in [0.2, 0.25) is 0 Å². The van der Waals surface area contributed by atoms with E-state index in [2.05, 4.69) is 12.1 Å². The molecule has 0 radical (unpaired) electrons. The standard InChI is InChI=1S/C15H20O/c1-9-5-13(6-10(2)15(9)16)14-8-11-3-4-12(14)7-11/h5-6,11-12,14,16H,3-4,7-8H2,1-2H3/t11-,12-,14-/m1/s1. The predicted octanol–water partition coefficient (Wildman–Crippen LogP) is 3.91. The maximum absolute atomic E-state index is 9.81. The van der Waals surface area contributed by atoms with Crippen LogP contribution in [0.3, 0.4) is 0 Å². The second-order valence-electron chi connectivity index (χ2n) is 5.78. The Bertz CT molecular complexity index is 398. The SMILES string of the molecule is Cc1cc([C@@H]2C[C@@H]3CC[C@@H]2C3)cc(C)c1O. The third-order valence-electron chi connectivity index (χ3n) is 4.68. The van der Waals surface area contributed by atoms with Crippen LogP contribution in [0.1, 0.15) is 48.3 Å². The van der Waals surface area contributed by atoms with Gasteiger partial charge in [0.25, 0.3) is 0 Å². The summed E-state index contributed by atoms with van der Waals surface area (Å²) in [6.45, 7) is 4.03. The van der Waals surface area contributed by atoms with Gasteiger partial charge in [-0.3, -0.25) is 0 Å². The molecular formula is C15H20O. The highest BCUT2D eigenvalue weighted by atomic mass is 16.3. The van der Waals surface area contributed by atoms with Crippen LogP contribution in [0.2, 0.25) is 0 Å². The van der Waals surface area contributed by atoms with E-state index in [4.69, 9.17) is 0 Å². The molecule has 2 saturated carbocycles. The fourth-order valence-electron chi connectivity index (χ4n) is 3.86. The highest BCUT2D eigenvalue weighted by Crippen LogP contribution is 2.53. The minimum atomic E-state index is 0.479. The summed E-state index contributed by atoms with van der Waals surface area (Å²) in [7, 11) is 0. The molecule has 1 nitrogen and oxygen atoms in total. The van der Waals surface area contributed by atoms with E-state index in [1.54, 1.807) is 0 Å². The first kappa shape index (κ1) is 10.2. The van der Waals surface area contributed by atoms with Crippen LogP contribution in [0.5, 0.6) is 5.75 Å². The summed E-state index contributed by atoms with van der Waals surface area (Å²) in [5.41, 5.74) is 3.55. The average Bonchev–Trinajstić information content (AvgIpc) is 2.86. The van der Waals surface area contributed by atoms with Crippen molar-refractivity contribution in [2.75, 3.05) is 0 Å². The third-order valence-corrected chi connectivity index (χ3v) is 4.68. The molecule has 3 atom stereocenters. The van der Waals surface area contributed by atoms with E-state index in [0.717, 1.165) is 28.9 Å². The predicted molar refractivity (Wildman–Crippen MR) is 65.8 cm³/mol. The number of fused-ring (bicyclic) bond motifs is 2. The van der Waals surface area contributed by atoms with Gasteiger partial charge in [-0.2, -0.15) is 0 Å². The van der Waals surface area contributed by atoms with Gasteiger partial charge >= 0.3 is 0 Å². The molecule has 2 aliphatic rings. The molecule has 1 N–H and O–H groups in total. The molecule has 0 heterocycles. The van der Waals surface area contributed by atoms with Gasteiger partial charge < -0.3 is 5.11 Å². The minimum absolute atomic E-state index is 0.479. The van der Waals surface area contributed by atoms with Crippen LogP contribution in [0.15, 0.2) is 12.1 Å². The highest BCUT2D eigenvalue weighted by Gasteiger charge is 2.40. The lowest BCUT2D eigenvalue weighted by Gasteiger charge is -2.23. The first-order chi connectivity index (χ1) is 7.65. The van der Waals surface area contributed by atoms with E-state index in [0.29, 0.717) is 5.75 Å². The number of aryl methyl sites for hydroxylation is 2. The first-order valence-electron chi connectivity index (χ1n) is 6.45. The van der Waals surface area contributed by atoms with Crippen molar-refractivity contribution in [3.8, 4) is 5.75 Å². The zero-order valence-electron chi connectivity index (χ0n) is 10.2. The highest BCUT2D eigenvalue weighted by molar-refractivity contribution is 5.43. The zero-order valence-corrected chi connectivity index (χ0v) is 10.2. The molecule has 1 aromatic rings. The van der Waals surface area contributed by atoms with Gasteiger partial charge in [0.05, 0.1) is 0 Å². The van der Waals surface area contributed by atoms with Crippen molar-refractivity contribution < 1.29 is 5.11 Å². The van der Waals surface area contributed by atoms with E-state index >= 15 is 0 Å². The van der Waals surface area contributed by atoms with Crippen molar-refractivity contribution >= 4 is 0 Å². The van der Waals surface area contributed by atoms with Gasteiger partial charge in [0, 0.05) is 0 Å². The molecule has 0 spiro atoms. The van der Waals surface area contributed by atoms with E-state index in [-0.39, 0.29) is 0 Å². The number of hydrogen-bond acceptors (Lipinski definition) is 1. The summed E-state index contributed by atoms with van der Waals surface area (Å²) in [6, 6.07) is 4.40. The van der Waals surface area contributed by atoms with Crippen molar-refractivity contribution in [3.05, 3.63) is 28.8 Å². The Morgan fingerprint density at radius 1 is 1.06 bits per heavy atom. The van der Waals surface area contributed by atoms with E-state index in [9.17, 15) is 5.11 Å². The van der Waals surface area contributed by atoms with Crippen LogP contribution >= 0.6 is 0 Å². The molecule has 16 heavy (non-hydrogen) atoms. The van der Waals surface area contributed by atoms with Crippen molar-refractivity contribution in [2.45, 2.75) is 45.4 Å². The summed E-state index contributed by atoms with van der Waals surface area (Å²) < 4.78 is 0. The molecular weight excluding hydrogens is 196 g/mol. The average molecular weight is 216 g/mol. The van der Waals surface area contributed by atoms with Gasteiger partial charge in [0.1, 0.15) is 5.75 Å². The Kier molecular flexibility index (Phi) is 2.24. The lowest BCUT2D eigenvalue weighted by molar-refractivity contribution is 0.418. The van der Waals surface area contributed by atoms with Gasteiger partial charge in [-0.05, 0) is 67.6 Å². The minimum Gasteiger partial charge on any atom is -0.507 e. The Morgan fingerprint density at radius 2 is 1.75 bits per heavy atom. The lowest BCUT2D eigenvalue weighted by Crippen LogP contribution is -2.08. The number of phenols is 1. The van der Waals surface area contributed by atoms with Crippen LogP contribution in [-0.4, -0.2) is 5.11 Å². The fraction of sp³-hybridized carbons (Fsp3) is 0.600. The monoisotopic (exact) mass is 216 g/mol. The van der Waals surface area contributed by atoms with Gasteiger partial charge in [-0.25, -0.2) is 0 Å². The summed E-state index contributed by atoms with van der Waals surface area (Å²) in [4.78, 5) is 0. The number of phenolic OH excluding ortho intramolecular Hbond substituents is 1. The van der Waals surface area contributed by atoms with Crippen molar-refractivity contribution in [3.63, 3.8) is 0 Å². The zero-order chi connectivity index (χ0) is 11.3. The van der Waals surface area contributed by atoms with Crippen LogP contribution in [0, 0.1) is 25.7 Å². The molecule has 0 amide bonds. The third kappa shape index (κ3) is 1.45. The summed E-state index contributed by atoms with van der Waals surface area (Å²) in [6.07, 6.45) is 5.71. The molecule has 0 aliphatic heterocycles. The summed E-state index contributed by atoms with van der Waals surface area (Å²) in [5.74, 6) is 3.17. The Balaban J connectivity index is 1.95. The molecule has 2 bridgehead atoms. The molecule has 0 aromatic heterocycles. The molecule has 2 fully saturated rings. The number of rotatable bonds is 1. The topological polar surface area (TPSA) is 20.2 Å². The van der Waals surface area contributed by atoms with E-state index < -0.39 is 0 Å². The second kappa shape index (κ2) is 3.51. The largest absolute Gasteiger partial charge is 0.507 e. The number of benzene rings is 1.